The van der Waals surface area contributed by atoms with Crippen LogP contribution in [0.1, 0.15) is 25.0 Å². The third-order valence-corrected chi connectivity index (χ3v) is 4.51. The van der Waals surface area contributed by atoms with E-state index in [9.17, 15) is 0 Å². The van der Waals surface area contributed by atoms with E-state index in [1.165, 1.54) is 0 Å². The maximum Gasteiger partial charge on any atom is 0.127 e. The standard InChI is InChI=1S/C22H20N2O2/c1-15-19(11-17-7-3-5-9-21(17)25-15)13-23-24-14-20-12-18-8-4-6-10-22(18)26-16(20)2/h3-16H,1-2H3/b23-13+,24-14+. The van der Waals surface area contributed by atoms with Crippen LogP contribution in [0.15, 0.2) is 69.9 Å². The predicted octanol–water partition coefficient (Wildman–Crippen LogP) is 4.77. The monoisotopic (exact) mass is 344 g/mol. The van der Waals surface area contributed by atoms with Crippen LogP contribution >= 0.6 is 0 Å². The molecule has 26 heavy (non-hydrogen) atoms. The van der Waals surface area contributed by atoms with Crippen molar-refractivity contribution < 1.29 is 9.47 Å². The molecule has 4 heteroatoms. The fourth-order valence-electron chi connectivity index (χ4n) is 3.01. The van der Waals surface area contributed by atoms with Gasteiger partial charge in [0.1, 0.15) is 23.7 Å². The highest BCUT2D eigenvalue weighted by molar-refractivity contribution is 5.91. The van der Waals surface area contributed by atoms with Crippen LogP contribution in [0.3, 0.4) is 0 Å². The lowest BCUT2D eigenvalue weighted by Gasteiger charge is -2.22. The summed E-state index contributed by atoms with van der Waals surface area (Å²) in [7, 11) is 0. The van der Waals surface area contributed by atoms with Crippen LogP contribution in [-0.2, 0) is 0 Å². The molecule has 0 spiro atoms. The molecule has 0 saturated heterocycles. The average molecular weight is 344 g/mol. The Morgan fingerprint density at radius 3 is 1.58 bits per heavy atom. The molecule has 0 amide bonds. The summed E-state index contributed by atoms with van der Waals surface area (Å²) in [4.78, 5) is 0. The molecule has 0 fully saturated rings. The number of nitrogens with zero attached hydrogens (tertiary/aromatic N) is 2. The first-order chi connectivity index (χ1) is 12.7. The van der Waals surface area contributed by atoms with Crippen LogP contribution < -0.4 is 9.47 Å². The maximum absolute atomic E-state index is 5.90. The third-order valence-electron chi connectivity index (χ3n) is 4.51. The molecule has 0 radical (unpaired) electrons. The molecule has 2 heterocycles. The van der Waals surface area contributed by atoms with Crippen molar-refractivity contribution in [2.24, 2.45) is 10.2 Å². The van der Waals surface area contributed by atoms with E-state index < -0.39 is 0 Å². The molecule has 0 N–H and O–H groups in total. The second kappa shape index (κ2) is 7.00. The molecule has 0 bridgehead atoms. The first-order valence-electron chi connectivity index (χ1n) is 8.71. The number of rotatable bonds is 3. The third kappa shape index (κ3) is 3.31. The molecule has 0 saturated carbocycles. The molecule has 130 valence electrons. The van der Waals surface area contributed by atoms with E-state index in [2.05, 4.69) is 22.4 Å². The lowest BCUT2D eigenvalue weighted by Crippen LogP contribution is -2.20. The maximum atomic E-state index is 5.90. The number of benzene rings is 2. The Labute approximate surface area is 153 Å². The van der Waals surface area contributed by atoms with Crippen LogP contribution in [0.2, 0.25) is 0 Å². The minimum absolute atomic E-state index is 0.0492. The second-order valence-corrected chi connectivity index (χ2v) is 6.37. The normalized spacial score (nSPS) is 21.5. The molecule has 0 aliphatic carbocycles. The summed E-state index contributed by atoms with van der Waals surface area (Å²) >= 11 is 0. The van der Waals surface area contributed by atoms with Crippen molar-refractivity contribution >= 4 is 24.6 Å². The first-order valence-corrected chi connectivity index (χ1v) is 8.71. The van der Waals surface area contributed by atoms with E-state index in [4.69, 9.17) is 9.47 Å². The van der Waals surface area contributed by atoms with Gasteiger partial charge in [-0.25, -0.2) is 0 Å². The Bertz CT molecular complexity index is 863. The highest BCUT2D eigenvalue weighted by Gasteiger charge is 2.18. The lowest BCUT2D eigenvalue weighted by molar-refractivity contribution is 0.260. The van der Waals surface area contributed by atoms with Gasteiger partial charge in [0.25, 0.3) is 0 Å². The van der Waals surface area contributed by atoms with Gasteiger partial charge in [-0.05, 0) is 38.1 Å². The van der Waals surface area contributed by atoms with Gasteiger partial charge in [-0.1, -0.05) is 36.4 Å². The summed E-state index contributed by atoms with van der Waals surface area (Å²) in [6.45, 7) is 4.02. The smallest absolute Gasteiger partial charge is 0.127 e. The van der Waals surface area contributed by atoms with Crippen LogP contribution in [-0.4, -0.2) is 24.6 Å². The first kappa shape index (κ1) is 16.3. The molecule has 4 nitrogen and oxygen atoms in total. The molecule has 0 aromatic heterocycles. The van der Waals surface area contributed by atoms with E-state index in [1.807, 2.05) is 62.4 Å². The van der Waals surface area contributed by atoms with Gasteiger partial charge in [-0.2, -0.15) is 10.2 Å². The van der Waals surface area contributed by atoms with Crippen molar-refractivity contribution in [2.75, 3.05) is 0 Å². The molecule has 4 rings (SSSR count). The molecule has 2 aliphatic rings. The van der Waals surface area contributed by atoms with Crippen LogP contribution in [0.5, 0.6) is 11.5 Å². The largest absolute Gasteiger partial charge is 0.485 e. The molecule has 2 aromatic rings. The molecular formula is C22H20N2O2. The number of para-hydroxylation sites is 2. The fraction of sp³-hybridized carbons (Fsp3) is 0.182. The van der Waals surface area contributed by atoms with Crippen molar-refractivity contribution in [3.63, 3.8) is 0 Å². The number of fused-ring (bicyclic) bond motifs is 2. The summed E-state index contributed by atoms with van der Waals surface area (Å²) in [6.07, 6.45) is 7.58. The SMILES string of the molecule is CC1Oc2ccccc2C=C1/C=N/N=C/C1=Cc2ccccc2OC1C. The summed E-state index contributed by atoms with van der Waals surface area (Å²) in [6, 6.07) is 16.0. The van der Waals surface area contributed by atoms with E-state index in [0.29, 0.717) is 0 Å². The molecule has 2 aromatic carbocycles. The predicted molar refractivity (Wildman–Crippen MR) is 106 cm³/mol. The van der Waals surface area contributed by atoms with E-state index in [-0.39, 0.29) is 12.2 Å². The van der Waals surface area contributed by atoms with Gasteiger partial charge < -0.3 is 9.47 Å². The van der Waals surface area contributed by atoms with Gasteiger partial charge in [0.15, 0.2) is 0 Å². The average Bonchev–Trinajstić information content (AvgIpc) is 2.65. The highest BCUT2D eigenvalue weighted by atomic mass is 16.5. The zero-order valence-electron chi connectivity index (χ0n) is 14.8. The van der Waals surface area contributed by atoms with Gasteiger partial charge >= 0.3 is 0 Å². The van der Waals surface area contributed by atoms with E-state index in [1.54, 1.807) is 12.4 Å². The molecule has 2 unspecified atom stereocenters. The minimum atomic E-state index is -0.0492. The molecular weight excluding hydrogens is 324 g/mol. The van der Waals surface area contributed by atoms with Crippen molar-refractivity contribution in [3.05, 3.63) is 70.8 Å². The molecule has 2 aliphatic heterocycles. The number of ether oxygens (including phenoxy) is 2. The zero-order chi connectivity index (χ0) is 17.9. The second-order valence-electron chi connectivity index (χ2n) is 6.37. The quantitative estimate of drug-likeness (QED) is 0.594. The summed E-state index contributed by atoms with van der Waals surface area (Å²) in [5, 5.41) is 8.41. The topological polar surface area (TPSA) is 43.2 Å². The van der Waals surface area contributed by atoms with Gasteiger partial charge in [0.05, 0.1) is 12.4 Å². The van der Waals surface area contributed by atoms with Crippen molar-refractivity contribution in [2.45, 2.75) is 26.1 Å². The van der Waals surface area contributed by atoms with E-state index >= 15 is 0 Å². The Kier molecular flexibility index (Phi) is 4.40. The highest BCUT2D eigenvalue weighted by Crippen LogP contribution is 2.29. The van der Waals surface area contributed by atoms with Crippen molar-refractivity contribution in [1.82, 2.24) is 0 Å². The van der Waals surface area contributed by atoms with Gasteiger partial charge in [0.2, 0.25) is 0 Å². The molecule has 2 atom stereocenters. The van der Waals surface area contributed by atoms with Crippen molar-refractivity contribution in [1.29, 1.82) is 0 Å². The Balaban J connectivity index is 1.50. The van der Waals surface area contributed by atoms with Gasteiger partial charge in [-0.3, -0.25) is 0 Å². The summed E-state index contributed by atoms with van der Waals surface area (Å²) in [5.41, 5.74) is 4.11. The summed E-state index contributed by atoms with van der Waals surface area (Å²) < 4.78 is 11.8. The Hall–Kier alpha value is -3.14. The van der Waals surface area contributed by atoms with Gasteiger partial charge in [0, 0.05) is 22.3 Å². The van der Waals surface area contributed by atoms with Crippen LogP contribution in [0, 0.1) is 0 Å². The van der Waals surface area contributed by atoms with Crippen LogP contribution in [0.4, 0.5) is 0 Å². The Morgan fingerprint density at radius 2 is 1.12 bits per heavy atom. The Morgan fingerprint density at radius 1 is 0.692 bits per heavy atom. The summed E-state index contributed by atoms with van der Waals surface area (Å²) in [5.74, 6) is 1.80. The number of hydrogen-bond donors (Lipinski definition) is 0. The zero-order valence-corrected chi connectivity index (χ0v) is 14.8. The lowest BCUT2D eigenvalue weighted by atomic mass is 10.0. The van der Waals surface area contributed by atoms with E-state index in [0.717, 1.165) is 33.8 Å². The van der Waals surface area contributed by atoms with Gasteiger partial charge in [-0.15, -0.1) is 0 Å². The number of hydrogen-bond acceptors (Lipinski definition) is 4. The van der Waals surface area contributed by atoms with Crippen molar-refractivity contribution in [3.8, 4) is 11.5 Å². The fourth-order valence-corrected chi connectivity index (χ4v) is 3.01. The van der Waals surface area contributed by atoms with Crippen LogP contribution in [0.25, 0.3) is 12.2 Å². The minimum Gasteiger partial charge on any atom is -0.485 e.